The minimum atomic E-state index is 0.420. The zero-order valence-electron chi connectivity index (χ0n) is 27.1. The first kappa shape index (κ1) is 29.4. The van der Waals surface area contributed by atoms with Crippen LogP contribution < -0.4 is 4.90 Å². The first-order chi connectivity index (χ1) is 24.2. The number of hydrogen-bond donors (Lipinski definition) is 0. The van der Waals surface area contributed by atoms with E-state index in [0.29, 0.717) is 6.04 Å². The Hall–Kier alpha value is -5.71. The molecule has 2 aliphatic heterocycles. The van der Waals surface area contributed by atoms with Gasteiger partial charge in [-0.1, -0.05) is 91.0 Å². The summed E-state index contributed by atoms with van der Waals surface area (Å²) in [4.78, 5) is 9.57. The fourth-order valence-corrected chi connectivity index (χ4v) is 8.10. The van der Waals surface area contributed by atoms with Gasteiger partial charge in [-0.25, -0.2) is 4.98 Å². The number of allylic oxidation sites excluding steroid dienone is 6. The van der Waals surface area contributed by atoms with Crippen LogP contribution >= 0.6 is 11.3 Å². The summed E-state index contributed by atoms with van der Waals surface area (Å²) in [6.45, 7) is 0. The van der Waals surface area contributed by atoms with Gasteiger partial charge in [-0.05, 0) is 119 Å². The van der Waals surface area contributed by atoms with Gasteiger partial charge in [0.15, 0.2) is 0 Å². The van der Waals surface area contributed by atoms with Crippen molar-refractivity contribution in [1.29, 1.82) is 0 Å². The van der Waals surface area contributed by atoms with Gasteiger partial charge in [0.2, 0.25) is 0 Å². The van der Waals surface area contributed by atoms with Crippen LogP contribution in [0, 0.1) is 0 Å². The fraction of sp³-hybridized carbons (Fsp3) is 0.0889. The second-order valence-electron chi connectivity index (χ2n) is 12.8. The molecule has 1 aromatic heterocycles. The van der Waals surface area contributed by atoms with E-state index in [1.54, 1.807) is 11.3 Å². The Labute approximate surface area is 291 Å². The van der Waals surface area contributed by atoms with Crippen molar-refractivity contribution in [3.63, 3.8) is 0 Å². The van der Waals surface area contributed by atoms with Crippen LogP contribution in [0.3, 0.4) is 0 Å². The Morgan fingerprint density at radius 2 is 1.14 bits per heavy atom. The average molecular weight is 650 g/mol. The Morgan fingerprint density at radius 3 is 1.76 bits per heavy atom. The highest BCUT2D eigenvalue weighted by Crippen LogP contribution is 2.40. The lowest BCUT2D eigenvalue weighted by atomic mass is 9.90. The van der Waals surface area contributed by atoms with E-state index in [1.807, 2.05) is 0 Å². The van der Waals surface area contributed by atoms with Crippen LogP contribution in [0.2, 0.25) is 0 Å². The summed E-state index contributed by atoms with van der Waals surface area (Å²) in [5, 5.41) is 1.05. The predicted octanol–water partition coefficient (Wildman–Crippen LogP) is 12.2. The van der Waals surface area contributed by atoms with Crippen LogP contribution in [-0.2, 0) is 0 Å². The number of rotatable bonds is 7. The molecule has 1 unspecified atom stereocenters. The molecule has 0 saturated carbocycles. The van der Waals surface area contributed by atoms with Crippen LogP contribution in [0.5, 0.6) is 0 Å². The van der Waals surface area contributed by atoms with Gasteiger partial charge in [0.05, 0.1) is 16.3 Å². The van der Waals surface area contributed by atoms with E-state index in [4.69, 9.17) is 4.98 Å². The molecular formula is C45H35N3S. The maximum Gasteiger partial charge on any atom is 0.124 e. The number of thiazole rings is 1. The quantitative estimate of drug-likeness (QED) is 0.172. The largest absolute Gasteiger partial charge is 0.347 e. The summed E-state index contributed by atoms with van der Waals surface area (Å²) in [7, 11) is 0. The van der Waals surface area contributed by atoms with Gasteiger partial charge in [-0.15, -0.1) is 11.3 Å². The Balaban J connectivity index is 1.03. The summed E-state index contributed by atoms with van der Waals surface area (Å²) < 4.78 is 1.21. The number of fused-ring (bicyclic) bond motifs is 2. The Morgan fingerprint density at radius 1 is 0.571 bits per heavy atom. The van der Waals surface area contributed by atoms with Crippen molar-refractivity contribution in [2.75, 3.05) is 4.90 Å². The monoisotopic (exact) mass is 649 g/mol. The molecule has 0 fully saturated rings. The number of hydrogen-bond acceptors (Lipinski definition) is 4. The van der Waals surface area contributed by atoms with Crippen molar-refractivity contribution < 1.29 is 0 Å². The normalized spacial score (nSPS) is 16.7. The molecule has 0 N–H and O–H groups in total. The first-order valence-electron chi connectivity index (χ1n) is 17.0. The van der Waals surface area contributed by atoms with E-state index in [0.717, 1.165) is 52.4 Å². The highest BCUT2D eigenvalue weighted by molar-refractivity contribution is 7.21. The van der Waals surface area contributed by atoms with E-state index in [1.165, 1.54) is 38.1 Å². The van der Waals surface area contributed by atoms with E-state index < -0.39 is 0 Å². The summed E-state index contributed by atoms with van der Waals surface area (Å²) in [6, 6.07) is 46.5. The summed E-state index contributed by atoms with van der Waals surface area (Å²) in [5.74, 6) is 0. The molecule has 0 radical (unpaired) electrons. The molecule has 1 atom stereocenters. The lowest BCUT2D eigenvalue weighted by molar-refractivity contribution is 0.456. The average Bonchev–Trinajstić information content (AvgIpc) is 3.82. The molecule has 0 bridgehead atoms. The van der Waals surface area contributed by atoms with E-state index in [2.05, 4.69) is 180 Å². The molecule has 49 heavy (non-hydrogen) atoms. The van der Waals surface area contributed by atoms with Gasteiger partial charge >= 0.3 is 0 Å². The maximum atomic E-state index is 4.90. The predicted molar refractivity (Wildman–Crippen MR) is 208 cm³/mol. The molecule has 5 aromatic carbocycles. The van der Waals surface area contributed by atoms with Crippen molar-refractivity contribution in [1.82, 2.24) is 9.88 Å². The van der Waals surface area contributed by atoms with Gasteiger partial charge in [-0.3, -0.25) is 0 Å². The molecule has 3 heterocycles. The van der Waals surface area contributed by atoms with Crippen molar-refractivity contribution >= 4 is 55.3 Å². The topological polar surface area (TPSA) is 19.4 Å². The van der Waals surface area contributed by atoms with Gasteiger partial charge in [-0.2, -0.15) is 0 Å². The Kier molecular flexibility index (Phi) is 7.64. The third-order valence-electron chi connectivity index (χ3n) is 9.77. The summed E-state index contributed by atoms with van der Waals surface area (Å²) >= 11 is 1.74. The molecular weight excluding hydrogens is 615 g/mol. The number of para-hydroxylation sites is 1. The smallest absolute Gasteiger partial charge is 0.124 e. The molecule has 0 spiro atoms. The second-order valence-corrected chi connectivity index (χ2v) is 13.8. The standard InChI is InChI=1S/C45H35N3S/c1-2-8-32(9-3-1)33-13-15-34(16-14-33)35-17-23-39(24-18-35)48(40-25-19-36(20-26-40)38-30-42-10-6-7-29-47(42)31-38)41-27-21-37(22-28-41)45-46-43-11-4-5-12-44(43)49-45/h1-13,15,17-29,31,42H,14,16,30H2. The highest BCUT2D eigenvalue weighted by Gasteiger charge is 2.23. The molecule has 0 saturated heterocycles. The number of anilines is 3. The second kappa shape index (κ2) is 12.7. The first-order valence-corrected chi connectivity index (χ1v) is 17.8. The van der Waals surface area contributed by atoms with Crippen molar-refractivity contribution in [3.05, 3.63) is 187 Å². The molecule has 0 amide bonds. The zero-order chi connectivity index (χ0) is 32.6. The highest BCUT2D eigenvalue weighted by atomic mass is 32.1. The molecule has 6 aromatic rings. The minimum absolute atomic E-state index is 0.420. The lowest BCUT2D eigenvalue weighted by Crippen LogP contribution is -2.20. The van der Waals surface area contributed by atoms with Gasteiger partial charge in [0, 0.05) is 35.0 Å². The fourth-order valence-electron chi connectivity index (χ4n) is 7.13. The van der Waals surface area contributed by atoms with Gasteiger partial charge in [0.1, 0.15) is 5.01 Å². The minimum Gasteiger partial charge on any atom is -0.347 e. The van der Waals surface area contributed by atoms with Crippen molar-refractivity contribution in [2.24, 2.45) is 0 Å². The number of aromatic nitrogens is 1. The van der Waals surface area contributed by atoms with Crippen LogP contribution in [0.15, 0.2) is 170 Å². The van der Waals surface area contributed by atoms with Crippen LogP contribution in [0.1, 0.15) is 36.0 Å². The molecule has 9 rings (SSSR count). The molecule has 4 heteroatoms. The third kappa shape index (κ3) is 5.85. The third-order valence-corrected chi connectivity index (χ3v) is 10.9. The molecule has 3 nitrogen and oxygen atoms in total. The van der Waals surface area contributed by atoms with E-state index >= 15 is 0 Å². The number of nitrogens with zero attached hydrogens (tertiary/aromatic N) is 3. The zero-order valence-corrected chi connectivity index (χ0v) is 27.9. The SMILES string of the molecule is C1=CC2CC(c3ccc(N(c4ccc(C5=CC=C(c6ccccc6)CC5)cc4)c4ccc(-c5nc6ccccc6s5)cc4)cc3)=CN2C=C1. The number of benzene rings is 5. The van der Waals surface area contributed by atoms with Crippen molar-refractivity contribution in [3.8, 4) is 10.6 Å². The lowest BCUT2D eigenvalue weighted by Gasteiger charge is -2.26. The van der Waals surface area contributed by atoms with Crippen LogP contribution in [-0.4, -0.2) is 15.9 Å². The van der Waals surface area contributed by atoms with Crippen LogP contribution in [0.4, 0.5) is 17.1 Å². The van der Waals surface area contributed by atoms with Gasteiger partial charge < -0.3 is 9.80 Å². The van der Waals surface area contributed by atoms with E-state index in [-0.39, 0.29) is 0 Å². The van der Waals surface area contributed by atoms with Crippen molar-refractivity contribution in [2.45, 2.75) is 25.3 Å². The summed E-state index contributed by atoms with van der Waals surface area (Å²) in [6.07, 6.45) is 18.7. The molecule has 236 valence electrons. The van der Waals surface area contributed by atoms with E-state index in [9.17, 15) is 0 Å². The van der Waals surface area contributed by atoms with Crippen LogP contribution in [0.25, 0.3) is 37.5 Å². The molecule has 3 aliphatic rings. The summed E-state index contributed by atoms with van der Waals surface area (Å²) in [5.41, 5.74) is 13.6. The maximum absolute atomic E-state index is 4.90. The Bertz CT molecular complexity index is 2250. The molecule has 1 aliphatic carbocycles. The van der Waals surface area contributed by atoms with Gasteiger partial charge in [0.25, 0.3) is 0 Å².